The Morgan fingerprint density at radius 3 is 2.49 bits per heavy atom. The van der Waals surface area contributed by atoms with Crippen molar-refractivity contribution in [2.45, 2.75) is 31.6 Å². The lowest BCUT2D eigenvalue weighted by molar-refractivity contribution is -0.113. The van der Waals surface area contributed by atoms with Crippen molar-refractivity contribution < 1.29 is 14.3 Å². The van der Waals surface area contributed by atoms with Crippen molar-refractivity contribution in [2.75, 3.05) is 31.3 Å². The first-order chi connectivity index (χ1) is 21.0. The van der Waals surface area contributed by atoms with Gasteiger partial charge < -0.3 is 14.8 Å². The van der Waals surface area contributed by atoms with Crippen molar-refractivity contribution in [3.8, 4) is 17.2 Å². The predicted octanol–water partition coefficient (Wildman–Crippen LogP) is 6.14. The van der Waals surface area contributed by atoms with Crippen molar-refractivity contribution in [3.63, 3.8) is 0 Å². The van der Waals surface area contributed by atoms with Gasteiger partial charge in [-0.05, 0) is 73.0 Å². The minimum atomic E-state index is -0.188. The number of carbonyl (C=O) groups excluding carboxylic acids is 1. The molecule has 1 amide bonds. The van der Waals surface area contributed by atoms with Gasteiger partial charge in [0, 0.05) is 30.2 Å². The zero-order chi connectivity index (χ0) is 29.8. The smallest absolute Gasteiger partial charge is 0.267 e. The largest absolute Gasteiger partial charge is 0.497 e. The van der Waals surface area contributed by atoms with E-state index in [0.717, 1.165) is 42.2 Å². The number of amides is 1. The summed E-state index contributed by atoms with van der Waals surface area (Å²) in [5.74, 6) is 1.35. The number of benzene rings is 3. The summed E-state index contributed by atoms with van der Waals surface area (Å²) in [6.45, 7) is 5.02. The van der Waals surface area contributed by atoms with E-state index in [1.807, 2.05) is 61.5 Å². The molecule has 3 heterocycles. The highest BCUT2D eigenvalue weighted by Gasteiger charge is 2.26. The average molecular weight is 613 g/mol. The molecule has 220 valence electrons. The Kier molecular flexibility index (Phi) is 8.78. The molecule has 0 fully saturated rings. The summed E-state index contributed by atoms with van der Waals surface area (Å²) in [5, 5.41) is 4.08. The molecule has 0 atom stereocenters. The van der Waals surface area contributed by atoms with Crippen LogP contribution < -0.4 is 20.3 Å². The van der Waals surface area contributed by atoms with Gasteiger partial charge in [-0.2, -0.15) is 0 Å². The summed E-state index contributed by atoms with van der Waals surface area (Å²) in [6.07, 6.45) is 0.790. The van der Waals surface area contributed by atoms with Crippen LogP contribution in [0.15, 0.2) is 88.8 Å². The first kappa shape index (κ1) is 29.0. The summed E-state index contributed by atoms with van der Waals surface area (Å²) in [5.41, 5.74) is 3.61. The van der Waals surface area contributed by atoms with Crippen molar-refractivity contribution in [2.24, 2.45) is 0 Å². The van der Waals surface area contributed by atoms with Gasteiger partial charge in [-0.3, -0.25) is 19.1 Å². The molecule has 2 aromatic heterocycles. The predicted molar refractivity (Wildman–Crippen MR) is 173 cm³/mol. The van der Waals surface area contributed by atoms with E-state index in [-0.39, 0.29) is 17.2 Å². The van der Waals surface area contributed by atoms with Gasteiger partial charge in [0.15, 0.2) is 5.16 Å². The molecule has 0 saturated heterocycles. The molecule has 0 bridgehead atoms. The summed E-state index contributed by atoms with van der Waals surface area (Å²) < 4.78 is 12.4. The van der Waals surface area contributed by atoms with Crippen molar-refractivity contribution in [1.29, 1.82) is 0 Å². The van der Waals surface area contributed by atoms with Crippen LogP contribution in [0.2, 0.25) is 0 Å². The second-order valence-corrected chi connectivity index (χ2v) is 12.2. The van der Waals surface area contributed by atoms with Gasteiger partial charge in [-0.1, -0.05) is 42.1 Å². The number of carbonyl (C=O) groups is 1. The van der Waals surface area contributed by atoms with Crippen LogP contribution >= 0.6 is 23.1 Å². The highest BCUT2D eigenvalue weighted by Crippen LogP contribution is 2.35. The maximum atomic E-state index is 14.2. The van der Waals surface area contributed by atoms with Gasteiger partial charge in [-0.15, -0.1) is 11.3 Å². The van der Waals surface area contributed by atoms with Crippen LogP contribution in [0, 0.1) is 0 Å². The monoisotopic (exact) mass is 612 g/mol. The maximum absolute atomic E-state index is 14.2. The highest BCUT2D eigenvalue weighted by molar-refractivity contribution is 7.99. The number of thioether (sulfide) groups is 1. The van der Waals surface area contributed by atoms with E-state index in [4.69, 9.17) is 14.5 Å². The fraction of sp³-hybridized carbons (Fsp3) is 0.242. The van der Waals surface area contributed by atoms with Gasteiger partial charge >= 0.3 is 0 Å². The number of thiophene rings is 1. The third-order valence-electron chi connectivity index (χ3n) is 7.28. The Morgan fingerprint density at radius 2 is 1.77 bits per heavy atom. The number of fused-ring (bicyclic) bond motifs is 3. The molecular formula is C33H32N4O4S2. The molecule has 43 heavy (non-hydrogen) atoms. The number of hydrogen-bond donors (Lipinski definition) is 1. The number of anilines is 1. The number of nitrogens with one attached hydrogen (secondary N) is 1. The summed E-state index contributed by atoms with van der Waals surface area (Å²) >= 11 is 2.83. The minimum Gasteiger partial charge on any atom is -0.497 e. The van der Waals surface area contributed by atoms with Crippen LogP contribution in [0.25, 0.3) is 15.9 Å². The Labute approximate surface area is 258 Å². The molecule has 0 saturated carbocycles. The zero-order valence-corrected chi connectivity index (χ0v) is 25.7. The second-order valence-electron chi connectivity index (χ2n) is 10.2. The van der Waals surface area contributed by atoms with E-state index in [1.165, 1.54) is 22.2 Å². The molecule has 8 nitrogen and oxygen atoms in total. The van der Waals surface area contributed by atoms with Crippen LogP contribution in [-0.2, 0) is 24.3 Å². The first-order valence-electron chi connectivity index (χ1n) is 14.2. The normalized spacial score (nSPS) is 13.1. The van der Waals surface area contributed by atoms with E-state index in [9.17, 15) is 9.59 Å². The van der Waals surface area contributed by atoms with Gasteiger partial charge in [0.05, 0.1) is 30.5 Å². The van der Waals surface area contributed by atoms with Crippen LogP contribution in [0.1, 0.15) is 22.9 Å². The molecule has 6 rings (SSSR count). The number of hydrogen-bond acceptors (Lipinski definition) is 8. The Balaban J connectivity index is 1.29. The van der Waals surface area contributed by atoms with Crippen LogP contribution in [-0.4, -0.2) is 46.4 Å². The average Bonchev–Trinajstić information content (AvgIpc) is 3.40. The molecule has 0 aliphatic carbocycles. The Morgan fingerprint density at radius 1 is 1.02 bits per heavy atom. The van der Waals surface area contributed by atoms with E-state index >= 15 is 0 Å². The number of aromatic nitrogens is 2. The van der Waals surface area contributed by atoms with Gasteiger partial charge in [0.25, 0.3) is 5.56 Å². The molecule has 0 unspecified atom stereocenters. The minimum absolute atomic E-state index is 0.0945. The maximum Gasteiger partial charge on any atom is 0.267 e. The lowest BCUT2D eigenvalue weighted by Gasteiger charge is -2.26. The van der Waals surface area contributed by atoms with Gasteiger partial charge in [0.1, 0.15) is 16.3 Å². The first-order valence-corrected chi connectivity index (χ1v) is 16.0. The van der Waals surface area contributed by atoms with E-state index in [0.29, 0.717) is 34.3 Å². The number of nitrogens with zero attached hydrogens (tertiary/aromatic N) is 3. The third-order valence-corrected chi connectivity index (χ3v) is 9.33. The van der Waals surface area contributed by atoms with Crippen molar-refractivity contribution in [3.05, 3.63) is 105 Å². The molecular weight excluding hydrogens is 581 g/mol. The second kappa shape index (κ2) is 13.0. The van der Waals surface area contributed by atoms with E-state index in [2.05, 4.69) is 34.5 Å². The van der Waals surface area contributed by atoms with Crippen LogP contribution in [0.5, 0.6) is 11.5 Å². The number of ether oxygens (including phenoxy) is 2. The Hall–Kier alpha value is -4.12. The van der Waals surface area contributed by atoms with Gasteiger partial charge in [-0.25, -0.2) is 4.98 Å². The van der Waals surface area contributed by atoms with Crippen molar-refractivity contribution in [1.82, 2.24) is 14.5 Å². The highest BCUT2D eigenvalue weighted by atomic mass is 32.2. The molecule has 3 aromatic carbocycles. The van der Waals surface area contributed by atoms with Crippen LogP contribution in [0.4, 0.5) is 5.69 Å². The molecule has 0 radical (unpaired) electrons. The lowest BCUT2D eigenvalue weighted by atomic mass is 10.0. The summed E-state index contributed by atoms with van der Waals surface area (Å²) in [4.78, 5) is 36.4. The molecule has 1 aliphatic heterocycles. The summed E-state index contributed by atoms with van der Waals surface area (Å²) in [6, 6.07) is 25.0. The lowest BCUT2D eigenvalue weighted by Crippen LogP contribution is -2.30. The Bertz CT molecular complexity index is 1790. The zero-order valence-electron chi connectivity index (χ0n) is 24.0. The molecule has 10 heteroatoms. The standard InChI is InChI=1S/C33H32N4O4S2/c1-3-41-26-13-9-23(10-14-26)34-29(38)21-42-33-35-31-30(32(39)37(33)24-11-15-25(40-2)16-12-24)27-17-18-36(20-28(27)43-31)19-22-7-5-4-6-8-22/h4-16H,3,17-21H2,1-2H3,(H,34,38). The van der Waals surface area contributed by atoms with Crippen LogP contribution in [0.3, 0.4) is 0 Å². The van der Waals surface area contributed by atoms with E-state index < -0.39 is 0 Å². The number of rotatable bonds is 10. The molecule has 0 spiro atoms. The molecule has 5 aromatic rings. The molecule has 1 aliphatic rings. The SMILES string of the molecule is CCOc1ccc(NC(=O)CSc2nc3sc4c(c3c(=O)n2-c2ccc(OC)cc2)CCN(Cc2ccccc2)C4)cc1. The van der Waals surface area contributed by atoms with Crippen molar-refractivity contribution >= 4 is 44.9 Å². The van der Waals surface area contributed by atoms with Gasteiger partial charge in [0.2, 0.25) is 5.91 Å². The quantitative estimate of drug-likeness (QED) is 0.150. The molecule has 1 N–H and O–H groups in total. The fourth-order valence-electron chi connectivity index (χ4n) is 5.24. The third kappa shape index (κ3) is 6.46. The summed E-state index contributed by atoms with van der Waals surface area (Å²) in [7, 11) is 1.61. The topological polar surface area (TPSA) is 85.7 Å². The fourth-order valence-corrected chi connectivity index (χ4v) is 7.35. The number of methoxy groups -OCH3 is 1. The van der Waals surface area contributed by atoms with E-state index in [1.54, 1.807) is 23.0 Å².